The van der Waals surface area contributed by atoms with E-state index in [9.17, 15) is 14.0 Å². The largest absolute Gasteiger partial charge is 0.445 e. The van der Waals surface area contributed by atoms with Gasteiger partial charge in [-0.25, -0.2) is 14.0 Å². The predicted molar refractivity (Wildman–Crippen MR) is 110 cm³/mol. The van der Waals surface area contributed by atoms with E-state index in [1.165, 1.54) is 22.1 Å². The number of hydrogen-bond acceptors (Lipinski definition) is 7. The van der Waals surface area contributed by atoms with Crippen LogP contribution in [0, 0.1) is 9.39 Å². The molecule has 1 fully saturated rings. The maximum absolute atomic E-state index is 13.8. The molecule has 0 spiro atoms. The molecule has 150 valence electrons. The lowest BCUT2D eigenvalue weighted by Crippen LogP contribution is -2.47. The Bertz CT molecular complexity index is 875. The van der Waals surface area contributed by atoms with Gasteiger partial charge in [-0.1, -0.05) is 0 Å². The third-order valence-electron chi connectivity index (χ3n) is 3.91. The Morgan fingerprint density at radius 1 is 1.50 bits per heavy atom. The number of hydrogen-bond donors (Lipinski definition) is 0. The van der Waals surface area contributed by atoms with E-state index in [1.807, 2.05) is 43.4 Å². The van der Waals surface area contributed by atoms with Crippen LogP contribution >= 0.6 is 34.3 Å². The molecule has 0 saturated carbocycles. The Kier molecular flexibility index (Phi) is 6.03. The maximum Gasteiger partial charge on any atom is 0.416 e. The van der Waals surface area contributed by atoms with E-state index in [0.717, 1.165) is 11.7 Å². The molecule has 1 aliphatic heterocycles. The molecule has 0 N–H and O–H groups in total. The number of halogens is 2. The summed E-state index contributed by atoms with van der Waals surface area (Å²) in [7, 11) is 0. The van der Waals surface area contributed by atoms with Gasteiger partial charge in [0.15, 0.2) is 11.9 Å². The highest BCUT2D eigenvalue weighted by Crippen LogP contribution is 2.26. The second-order valence-corrected chi connectivity index (χ2v) is 8.78. The SMILES string of the molecule is CC(C)(C)N(C(=O)OC[C@H]1CN(c2ccc(I)c(F)c2)C(=O)O1)c1cnsn1. The van der Waals surface area contributed by atoms with E-state index in [4.69, 9.17) is 9.47 Å². The van der Waals surface area contributed by atoms with Gasteiger partial charge >= 0.3 is 12.2 Å². The van der Waals surface area contributed by atoms with E-state index in [0.29, 0.717) is 15.1 Å². The minimum atomic E-state index is -0.658. The normalized spacial score (nSPS) is 16.8. The molecule has 2 amide bonds. The number of cyclic esters (lactones) is 1. The summed E-state index contributed by atoms with van der Waals surface area (Å²) in [5, 5.41) is 0. The van der Waals surface area contributed by atoms with Crippen LogP contribution in [0.25, 0.3) is 0 Å². The summed E-state index contributed by atoms with van der Waals surface area (Å²) in [4.78, 5) is 27.4. The van der Waals surface area contributed by atoms with Crippen LogP contribution in [0.2, 0.25) is 0 Å². The van der Waals surface area contributed by atoms with Crippen LogP contribution in [0.15, 0.2) is 24.4 Å². The van der Waals surface area contributed by atoms with Crippen molar-refractivity contribution in [1.29, 1.82) is 0 Å². The predicted octanol–water partition coefficient (Wildman–Crippen LogP) is 4.05. The van der Waals surface area contributed by atoms with Crippen molar-refractivity contribution in [3.8, 4) is 0 Å². The molecule has 1 aromatic carbocycles. The summed E-state index contributed by atoms with van der Waals surface area (Å²) in [6, 6.07) is 4.49. The zero-order chi connectivity index (χ0) is 20.5. The van der Waals surface area contributed by atoms with Gasteiger partial charge < -0.3 is 9.47 Å². The van der Waals surface area contributed by atoms with Crippen LogP contribution < -0.4 is 9.80 Å². The molecule has 3 rings (SSSR count). The molecule has 1 atom stereocenters. The fourth-order valence-electron chi connectivity index (χ4n) is 2.67. The van der Waals surface area contributed by atoms with Crippen LogP contribution in [-0.4, -0.2) is 45.7 Å². The lowest BCUT2D eigenvalue weighted by molar-refractivity contribution is 0.0748. The first-order chi connectivity index (χ1) is 13.2. The third kappa shape index (κ3) is 4.51. The third-order valence-corrected chi connectivity index (χ3v) is 5.26. The van der Waals surface area contributed by atoms with Gasteiger partial charge in [-0.3, -0.25) is 9.80 Å². The van der Waals surface area contributed by atoms with Gasteiger partial charge in [0.2, 0.25) is 0 Å². The molecule has 1 saturated heterocycles. The quantitative estimate of drug-likeness (QED) is 0.566. The monoisotopic (exact) mass is 520 g/mol. The average molecular weight is 520 g/mol. The summed E-state index contributed by atoms with van der Waals surface area (Å²) in [6.07, 6.45) is -0.401. The molecule has 0 bridgehead atoms. The molecule has 2 heterocycles. The van der Waals surface area contributed by atoms with Crippen molar-refractivity contribution in [2.45, 2.75) is 32.4 Å². The lowest BCUT2D eigenvalue weighted by Gasteiger charge is -2.32. The van der Waals surface area contributed by atoms with Gasteiger partial charge in [0.05, 0.1) is 30.2 Å². The summed E-state index contributed by atoms with van der Waals surface area (Å²) in [6.45, 7) is 5.56. The van der Waals surface area contributed by atoms with Crippen LogP contribution in [0.5, 0.6) is 0 Å². The standard InChI is InChI=1S/C17H18FIN4O4S/c1-17(2,3)23(14-7-20-28-21-14)16(25)26-9-11-8-22(15(24)27-11)10-4-5-13(19)12(18)6-10/h4-7,11H,8-9H2,1-3H3/t11-/m1/s1. The number of ether oxygens (including phenoxy) is 2. The van der Waals surface area contributed by atoms with Crippen LogP contribution in [0.4, 0.5) is 25.5 Å². The first-order valence-electron chi connectivity index (χ1n) is 8.34. The van der Waals surface area contributed by atoms with Crippen LogP contribution in [0.1, 0.15) is 20.8 Å². The van der Waals surface area contributed by atoms with E-state index in [-0.39, 0.29) is 13.2 Å². The summed E-state index contributed by atoms with van der Waals surface area (Å²) in [5.74, 6) is -0.0274. The van der Waals surface area contributed by atoms with Gasteiger partial charge in [-0.2, -0.15) is 8.75 Å². The number of amides is 2. The van der Waals surface area contributed by atoms with Crippen molar-refractivity contribution in [3.05, 3.63) is 33.8 Å². The fraction of sp³-hybridized carbons (Fsp3) is 0.412. The second kappa shape index (κ2) is 8.15. The van der Waals surface area contributed by atoms with Crippen molar-refractivity contribution in [2.24, 2.45) is 0 Å². The average Bonchev–Trinajstić information content (AvgIpc) is 3.24. The van der Waals surface area contributed by atoms with Crippen molar-refractivity contribution >= 4 is 58.0 Å². The lowest BCUT2D eigenvalue weighted by atomic mass is 10.1. The number of carbonyl (C=O) groups excluding carboxylic acids is 2. The van der Waals surface area contributed by atoms with Gasteiger partial charge in [0.1, 0.15) is 12.4 Å². The summed E-state index contributed by atoms with van der Waals surface area (Å²) < 4.78 is 32.8. The number of benzene rings is 1. The van der Waals surface area contributed by atoms with Crippen molar-refractivity contribution < 1.29 is 23.5 Å². The van der Waals surface area contributed by atoms with Gasteiger partial charge in [-0.15, -0.1) is 0 Å². The minimum Gasteiger partial charge on any atom is -0.445 e. The van der Waals surface area contributed by atoms with E-state index < -0.39 is 29.6 Å². The van der Waals surface area contributed by atoms with E-state index in [1.54, 1.807) is 12.1 Å². The number of rotatable bonds is 4. The van der Waals surface area contributed by atoms with E-state index in [2.05, 4.69) is 8.75 Å². The van der Waals surface area contributed by atoms with Crippen molar-refractivity contribution in [2.75, 3.05) is 23.0 Å². The first kappa shape index (κ1) is 20.7. The fourth-order valence-corrected chi connectivity index (χ4v) is 3.41. The summed E-state index contributed by atoms with van der Waals surface area (Å²) >= 11 is 2.86. The number of carbonyl (C=O) groups is 2. The zero-order valence-corrected chi connectivity index (χ0v) is 18.4. The highest BCUT2D eigenvalue weighted by atomic mass is 127. The molecular weight excluding hydrogens is 502 g/mol. The molecular formula is C17H18FIN4O4S. The number of anilines is 2. The van der Waals surface area contributed by atoms with Crippen LogP contribution in [0.3, 0.4) is 0 Å². The summed E-state index contributed by atoms with van der Waals surface area (Å²) in [5.41, 5.74) is -0.189. The minimum absolute atomic E-state index is 0.127. The second-order valence-electron chi connectivity index (χ2n) is 7.06. The van der Waals surface area contributed by atoms with Crippen LogP contribution in [-0.2, 0) is 9.47 Å². The topological polar surface area (TPSA) is 84.9 Å². The molecule has 11 heteroatoms. The Labute approximate surface area is 179 Å². The highest BCUT2D eigenvalue weighted by molar-refractivity contribution is 14.1. The molecule has 0 radical (unpaired) electrons. The molecule has 1 aromatic heterocycles. The smallest absolute Gasteiger partial charge is 0.416 e. The Balaban J connectivity index is 1.64. The first-order valence-corrected chi connectivity index (χ1v) is 10.2. The number of aromatic nitrogens is 2. The maximum atomic E-state index is 13.8. The molecule has 0 unspecified atom stereocenters. The van der Waals surface area contributed by atoms with Crippen molar-refractivity contribution in [3.63, 3.8) is 0 Å². The Morgan fingerprint density at radius 3 is 2.86 bits per heavy atom. The van der Waals surface area contributed by atoms with Crippen molar-refractivity contribution in [1.82, 2.24) is 8.75 Å². The molecule has 8 nitrogen and oxygen atoms in total. The number of nitrogens with zero attached hydrogens (tertiary/aromatic N) is 4. The zero-order valence-electron chi connectivity index (χ0n) is 15.4. The van der Waals surface area contributed by atoms with Gasteiger partial charge in [0, 0.05) is 9.11 Å². The van der Waals surface area contributed by atoms with E-state index >= 15 is 0 Å². The molecule has 1 aliphatic rings. The Morgan fingerprint density at radius 2 is 2.25 bits per heavy atom. The molecule has 0 aliphatic carbocycles. The molecule has 2 aromatic rings. The Hall–Kier alpha value is -2.02. The molecule has 28 heavy (non-hydrogen) atoms. The van der Waals surface area contributed by atoms with Gasteiger partial charge in [0.25, 0.3) is 0 Å². The van der Waals surface area contributed by atoms with Gasteiger partial charge in [-0.05, 0) is 61.6 Å². The highest BCUT2D eigenvalue weighted by Gasteiger charge is 2.36.